The smallest absolute Gasteiger partial charge is 0.164 e. The van der Waals surface area contributed by atoms with Gasteiger partial charge in [0.25, 0.3) is 0 Å². The van der Waals surface area contributed by atoms with Crippen molar-refractivity contribution in [2.24, 2.45) is 0 Å². The van der Waals surface area contributed by atoms with E-state index in [1.54, 1.807) is 12.1 Å². The summed E-state index contributed by atoms with van der Waals surface area (Å²) in [6, 6.07) is 44.1. The van der Waals surface area contributed by atoms with Crippen LogP contribution in [0.3, 0.4) is 0 Å². The molecule has 0 aliphatic heterocycles. The van der Waals surface area contributed by atoms with Crippen LogP contribution >= 0.6 is 0 Å². The van der Waals surface area contributed by atoms with Crippen molar-refractivity contribution in [3.8, 4) is 51.0 Å². The summed E-state index contributed by atoms with van der Waals surface area (Å²) < 4.78 is 50.8. The van der Waals surface area contributed by atoms with Crippen LogP contribution < -0.4 is 0 Å². The maximum atomic E-state index is 8.67. The summed E-state index contributed by atoms with van der Waals surface area (Å²) >= 11 is 0. The number of para-hydroxylation sites is 3. The lowest BCUT2D eigenvalue weighted by molar-refractivity contribution is 0.670. The second-order valence-corrected chi connectivity index (χ2v) is 12.1. The Kier molecular flexibility index (Phi) is 5.35. The van der Waals surface area contributed by atoms with Crippen LogP contribution in [-0.4, -0.2) is 19.5 Å². The fourth-order valence-electron chi connectivity index (χ4n) is 6.94. The molecule has 7 aromatic carbocycles. The molecule has 10 aromatic rings. The Morgan fingerprint density at radius 3 is 1.86 bits per heavy atom. The molecule has 10 rings (SSSR count). The SMILES string of the molecule is [2H]c1c([2H])c([2H])c(-c2cccc3c2oc2cccc(-c4nc(-c5ccccc5)nc(-c5cccc(-n6c7ccccc7c7ccccc76)c5)n4)c23)c([2H])c1[2H]. The first kappa shape index (κ1) is 23.5. The molecule has 0 aliphatic rings. The average molecular weight is 646 g/mol. The first-order chi connectivity index (χ1) is 26.9. The van der Waals surface area contributed by atoms with E-state index in [2.05, 4.69) is 65.2 Å². The molecular weight excluding hydrogens is 613 g/mol. The highest BCUT2D eigenvalue weighted by Crippen LogP contribution is 2.40. The molecule has 234 valence electrons. The quantitative estimate of drug-likeness (QED) is 0.187. The Labute approximate surface area is 294 Å². The second-order valence-electron chi connectivity index (χ2n) is 12.1. The van der Waals surface area contributed by atoms with Gasteiger partial charge in [0.1, 0.15) is 11.2 Å². The molecule has 5 nitrogen and oxygen atoms in total. The fraction of sp³-hybridized carbons (Fsp3) is 0. The minimum Gasteiger partial charge on any atom is -0.455 e. The number of aromatic nitrogens is 4. The van der Waals surface area contributed by atoms with Crippen molar-refractivity contribution < 1.29 is 11.3 Å². The van der Waals surface area contributed by atoms with E-state index in [0.717, 1.165) is 33.2 Å². The minimum absolute atomic E-state index is 0.0779. The van der Waals surface area contributed by atoms with Crippen molar-refractivity contribution >= 4 is 43.7 Å². The molecule has 0 aliphatic carbocycles. The number of fused-ring (bicyclic) bond motifs is 6. The van der Waals surface area contributed by atoms with Gasteiger partial charge in [0.05, 0.1) is 17.9 Å². The third-order valence-electron chi connectivity index (χ3n) is 9.14. The van der Waals surface area contributed by atoms with Crippen molar-refractivity contribution in [2.45, 2.75) is 0 Å². The van der Waals surface area contributed by atoms with Gasteiger partial charge in [-0.05, 0) is 35.9 Å². The number of furan rings is 1. The average Bonchev–Trinajstić information content (AvgIpc) is 3.79. The number of benzene rings is 7. The largest absolute Gasteiger partial charge is 0.455 e. The summed E-state index contributed by atoms with van der Waals surface area (Å²) in [7, 11) is 0. The van der Waals surface area contributed by atoms with Crippen molar-refractivity contribution in [1.82, 2.24) is 19.5 Å². The van der Waals surface area contributed by atoms with E-state index in [4.69, 9.17) is 26.2 Å². The summed E-state index contributed by atoms with van der Waals surface area (Å²) in [5, 5.41) is 3.79. The van der Waals surface area contributed by atoms with Gasteiger partial charge in [-0.2, -0.15) is 0 Å². The van der Waals surface area contributed by atoms with Gasteiger partial charge in [-0.15, -0.1) is 0 Å². The molecule has 0 bridgehead atoms. The van der Waals surface area contributed by atoms with Crippen molar-refractivity contribution in [2.75, 3.05) is 0 Å². The van der Waals surface area contributed by atoms with Crippen molar-refractivity contribution in [3.63, 3.8) is 0 Å². The Morgan fingerprint density at radius 2 is 1.08 bits per heavy atom. The van der Waals surface area contributed by atoms with Crippen molar-refractivity contribution in [3.05, 3.63) is 170 Å². The molecule has 50 heavy (non-hydrogen) atoms. The molecule has 3 heterocycles. The molecule has 5 heteroatoms. The van der Waals surface area contributed by atoms with Crippen LogP contribution in [0.15, 0.2) is 174 Å². The maximum Gasteiger partial charge on any atom is 0.164 e. The molecule has 0 saturated heterocycles. The van der Waals surface area contributed by atoms with Crippen LogP contribution in [0, 0.1) is 0 Å². The molecule has 0 amide bonds. The Morgan fingerprint density at radius 1 is 0.480 bits per heavy atom. The van der Waals surface area contributed by atoms with E-state index in [1.807, 2.05) is 66.7 Å². The summed E-state index contributed by atoms with van der Waals surface area (Å²) in [5.41, 5.74) is 6.95. The summed E-state index contributed by atoms with van der Waals surface area (Å²) in [4.78, 5) is 15.2. The standard InChI is InChI=1S/C45H28N4O/c1-3-14-29(15-4-1)33-22-12-23-36-41-37(24-13-27-40(41)50-42(33)36)45-47-43(30-16-5-2-6-17-30)46-44(48-45)31-18-11-19-32(28-31)49-38-25-9-7-20-34(38)35-21-8-10-26-39(35)49/h1-28H/i1D,3D,4D,14D,15D. The number of nitrogens with zero attached hydrogens (tertiary/aromatic N) is 4. The van der Waals surface area contributed by atoms with E-state index in [-0.39, 0.29) is 17.6 Å². The maximum absolute atomic E-state index is 8.67. The molecular formula is C45H28N4O. The van der Waals surface area contributed by atoms with Gasteiger partial charge in [-0.25, -0.2) is 15.0 Å². The molecule has 0 radical (unpaired) electrons. The lowest BCUT2D eigenvalue weighted by Crippen LogP contribution is -2.01. The van der Waals surface area contributed by atoms with Gasteiger partial charge in [-0.3, -0.25) is 0 Å². The highest BCUT2D eigenvalue weighted by Gasteiger charge is 2.20. The minimum atomic E-state index is -0.446. The van der Waals surface area contributed by atoms with E-state index >= 15 is 0 Å². The first-order valence-electron chi connectivity index (χ1n) is 18.8. The van der Waals surface area contributed by atoms with Gasteiger partial charge < -0.3 is 8.98 Å². The third-order valence-corrected chi connectivity index (χ3v) is 9.14. The predicted octanol–water partition coefficient (Wildman–Crippen LogP) is 11.5. The zero-order valence-corrected chi connectivity index (χ0v) is 26.5. The zero-order valence-electron chi connectivity index (χ0n) is 31.5. The Hall–Kier alpha value is -6.85. The lowest BCUT2D eigenvalue weighted by atomic mass is 10.0. The van der Waals surface area contributed by atoms with Gasteiger partial charge in [-0.1, -0.05) is 139 Å². The molecule has 0 fully saturated rings. The summed E-state index contributed by atoms with van der Waals surface area (Å²) in [6.45, 7) is 0. The molecule has 0 atom stereocenters. The monoisotopic (exact) mass is 645 g/mol. The topological polar surface area (TPSA) is 56.7 Å². The van der Waals surface area contributed by atoms with Gasteiger partial charge in [0.15, 0.2) is 17.5 Å². The normalized spacial score (nSPS) is 13.0. The summed E-state index contributed by atoms with van der Waals surface area (Å²) in [5.74, 6) is 1.44. The second kappa shape index (κ2) is 11.4. The Balaban J connectivity index is 1.19. The van der Waals surface area contributed by atoms with Gasteiger partial charge >= 0.3 is 0 Å². The highest BCUT2D eigenvalue weighted by molar-refractivity contribution is 6.15. The van der Waals surface area contributed by atoms with Crippen LogP contribution in [0.1, 0.15) is 6.85 Å². The first-order valence-corrected chi connectivity index (χ1v) is 16.3. The van der Waals surface area contributed by atoms with Crippen LogP contribution in [0.5, 0.6) is 0 Å². The number of hydrogen-bond donors (Lipinski definition) is 0. The zero-order chi connectivity index (χ0) is 37.4. The van der Waals surface area contributed by atoms with E-state index in [0.29, 0.717) is 45.2 Å². The van der Waals surface area contributed by atoms with Crippen LogP contribution in [-0.2, 0) is 0 Å². The fourth-order valence-corrected chi connectivity index (χ4v) is 6.94. The van der Waals surface area contributed by atoms with Crippen LogP contribution in [0.2, 0.25) is 0 Å². The predicted molar refractivity (Wildman–Crippen MR) is 203 cm³/mol. The molecule has 0 spiro atoms. The van der Waals surface area contributed by atoms with Crippen LogP contribution in [0.4, 0.5) is 0 Å². The van der Waals surface area contributed by atoms with Gasteiger partial charge in [0.2, 0.25) is 0 Å². The Bertz CT molecular complexity index is 3090. The van der Waals surface area contributed by atoms with Crippen molar-refractivity contribution in [1.29, 1.82) is 0 Å². The third kappa shape index (κ3) is 4.52. The molecule has 0 unspecified atom stereocenters. The number of hydrogen-bond acceptors (Lipinski definition) is 4. The van der Waals surface area contributed by atoms with Gasteiger partial charge in [0, 0.05) is 49.5 Å². The lowest BCUT2D eigenvalue weighted by Gasteiger charge is -2.12. The highest BCUT2D eigenvalue weighted by atomic mass is 16.3. The summed E-state index contributed by atoms with van der Waals surface area (Å²) in [6.07, 6.45) is 0. The van der Waals surface area contributed by atoms with E-state index in [9.17, 15) is 0 Å². The molecule has 0 saturated carbocycles. The van der Waals surface area contributed by atoms with E-state index in [1.165, 1.54) is 10.8 Å². The number of rotatable bonds is 5. The molecule has 0 N–H and O–H groups in total. The van der Waals surface area contributed by atoms with E-state index < -0.39 is 18.1 Å². The van der Waals surface area contributed by atoms with Crippen LogP contribution in [0.25, 0.3) is 94.7 Å². The molecule has 3 aromatic heterocycles.